The number of sulfonamides is 1. The van der Waals surface area contributed by atoms with Crippen LogP contribution >= 0.6 is 11.3 Å². The Morgan fingerprint density at radius 1 is 1.13 bits per heavy atom. The van der Waals surface area contributed by atoms with Crippen molar-refractivity contribution in [3.8, 4) is 0 Å². The molecule has 30 heavy (non-hydrogen) atoms. The van der Waals surface area contributed by atoms with Gasteiger partial charge in [-0.05, 0) is 51.2 Å². The maximum absolute atomic E-state index is 12.7. The Morgan fingerprint density at radius 2 is 1.90 bits per heavy atom. The van der Waals surface area contributed by atoms with Crippen molar-refractivity contribution in [3.05, 3.63) is 28.7 Å². The van der Waals surface area contributed by atoms with Gasteiger partial charge in [0.15, 0.2) is 0 Å². The summed E-state index contributed by atoms with van der Waals surface area (Å²) >= 11 is 1.27. The van der Waals surface area contributed by atoms with Crippen LogP contribution < -0.4 is 10.6 Å². The fraction of sp³-hybridized carbons (Fsp3) is 0.600. The summed E-state index contributed by atoms with van der Waals surface area (Å²) in [6.45, 7) is 4.03. The molecule has 0 unspecified atom stereocenters. The summed E-state index contributed by atoms with van der Waals surface area (Å²) in [7, 11) is -3.48. The molecule has 2 aliphatic rings. The van der Waals surface area contributed by atoms with E-state index in [-0.39, 0.29) is 12.5 Å². The quantitative estimate of drug-likeness (QED) is 0.615. The molecule has 0 spiro atoms. The average Bonchev–Trinajstić information content (AvgIpc) is 3.16. The van der Waals surface area contributed by atoms with Gasteiger partial charge in [-0.3, -0.25) is 15.0 Å². The zero-order chi connectivity index (χ0) is 21.6. The molecule has 10 heteroatoms. The molecule has 166 valence electrons. The lowest BCUT2D eigenvalue weighted by Gasteiger charge is -2.33. The predicted molar refractivity (Wildman–Crippen MR) is 117 cm³/mol. The first kappa shape index (κ1) is 22.9. The lowest BCUT2D eigenvalue weighted by Crippen LogP contribution is -2.52. The summed E-state index contributed by atoms with van der Waals surface area (Å²) < 4.78 is 27.2. The highest BCUT2D eigenvalue weighted by atomic mass is 32.2. The molecule has 1 aliphatic carbocycles. The highest BCUT2D eigenvalue weighted by Gasteiger charge is 2.30. The number of amides is 3. The predicted octanol–water partition coefficient (Wildman–Crippen LogP) is 2.08. The second-order valence-corrected chi connectivity index (χ2v) is 11.2. The molecular weight excluding hydrogens is 424 g/mol. The molecule has 1 saturated heterocycles. The molecule has 0 atom stereocenters. The number of allylic oxidation sites excluding steroid dienone is 1. The van der Waals surface area contributed by atoms with Gasteiger partial charge in [0.05, 0.1) is 6.54 Å². The van der Waals surface area contributed by atoms with Gasteiger partial charge in [-0.2, -0.15) is 4.31 Å². The van der Waals surface area contributed by atoms with Gasteiger partial charge in [-0.1, -0.05) is 11.6 Å². The molecule has 0 radical (unpaired) electrons. The van der Waals surface area contributed by atoms with Crippen molar-refractivity contribution in [3.63, 3.8) is 0 Å². The molecule has 3 amide bonds. The number of imide groups is 1. The molecule has 8 nitrogen and oxygen atoms in total. The van der Waals surface area contributed by atoms with Crippen LogP contribution in [0.25, 0.3) is 0 Å². The van der Waals surface area contributed by atoms with E-state index in [4.69, 9.17) is 0 Å². The maximum atomic E-state index is 12.7. The van der Waals surface area contributed by atoms with Crippen LogP contribution in [0.2, 0.25) is 0 Å². The number of rotatable bonds is 7. The normalized spacial score (nSPS) is 18.6. The zero-order valence-electron chi connectivity index (χ0n) is 17.4. The van der Waals surface area contributed by atoms with Crippen LogP contribution in [-0.4, -0.2) is 68.8 Å². The van der Waals surface area contributed by atoms with E-state index < -0.39 is 16.1 Å². The number of nitrogens with zero attached hydrogens (tertiary/aromatic N) is 2. The zero-order valence-corrected chi connectivity index (χ0v) is 19.0. The number of thiophene rings is 1. The number of carbonyl (C=O) groups excluding carboxylic acids is 2. The average molecular weight is 455 g/mol. The number of piperazine rings is 1. The number of hydrogen-bond acceptors (Lipinski definition) is 6. The maximum Gasteiger partial charge on any atom is 0.321 e. The lowest BCUT2D eigenvalue weighted by atomic mass is 9.97. The van der Waals surface area contributed by atoms with Gasteiger partial charge in [0.2, 0.25) is 5.91 Å². The first-order chi connectivity index (χ1) is 14.3. The minimum Gasteiger partial charge on any atom is -0.337 e. The third kappa shape index (κ3) is 6.37. The Hall–Kier alpha value is -1.75. The highest BCUT2D eigenvalue weighted by molar-refractivity contribution is 7.91. The van der Waals surface area contributed by atoms with Gasteiger partial charge >= 0.3 is 6.03 Å². The van der Waals surface area contributed by atoms with E-state index in [1.807, 2.05) is 11.8 Å². The summed E-state index contributed by atoms with van der Waals surface area (Å²) in [5, 5.41) is 5.08. The molecule has 1 aromatic rings. The topological polar surface area (TPSA) is 98.8 Å². The smallest absolute Gasteiger partial charge is 0.321 e. The van der Waals surface area contributed by atoms with E-state index in [1.54, 1.807) is 12.1 Å². The molecule has 1 fully saturated rings. The molecule has 2 N–H and O–H groups in total. The number of hydrogen-bond donors (Lipinski definition) is 2. The fourth-order valence-electron chi connectivity index (χ4n) is 3.69. The van der Waals surface area contributed by atoms with Crippen molar-refractivity contribution >= 4 is 33.3 Å². The van der Waals surface area contributed by atoms with Gasteiger partial charge in [0, 0.05) is 37.6 Å². The fourth-order valence-corrected chi connectivity index (χ4v) is 6.55. The summed E-state index contributed by atoms with van der Waals surface area (Å²) in [5.41, 5.74) is 1.37. The molecule has 0 bridgehead atoms. The van der Waals surface area contributed by atoms with Crippen LogP contribution in [0.5, 0.6) is 0 Å². The Labute approximate surface area is 182 Å². The lowest BCUT2D eigenvalue weighted by molar-refractivity contribution is -0.121. The van der Waals surface area contributed by atoms with Crippen LogP contribution in [0, 0.1) is 6.92 Å². The molecule has 0 aromatic carbocycles. The molecule has 1 aliphatic heterocycles. The van der Waals surface area contributed by atoms with Crippen LogP contribution in [0.4, 0.5) is 4.79 Å². The summed E-state index contributed by atoms with van der Waals surface area (Å²) in [6.07, 6.45) is 7.71. The third-order valence-corrected chi connectivity index (χ3v) is 8.74. The van der Waals surface area contributed by atoms with Crippen molar-refractivity contribution < 1.29 is 18.0 Å². The SMILES string of the molecule is Cc1ccc(S(=O)(=O)N2CCN(CC(=O)NC(=O)NCCC3=CCCCC3)CC2)s1. The van der Waals surface area contributed by atoms with Crippen molar-refractivity contribution in [2.45, 2.75) is 43.2 Å². The largest absolute Gasteiger partial charge is 0.337 e. The Balaban J connectivity index is 1.36. The van der Waals surface area contributed by atoms with E-state index in [1.165, 1.54) is 34.1 Å². The van der Waals surface area contributed by atoms with Crippen LogP contribution in [-0.2, 0) is 14.8 Å². The second kappa shape index (κ2) is 10.5. The van der Waals surface area contributed by atoms with E-state index >= 15 is 0 Å². The molecule has 1 aromatic heterocycles. The number of aryl methyl sites for hydroxylation is 1. The van der Waals surface area contributed by atoms with Gasteiger partial charge in [-0.25, -0.2) is 13.2 Å². The van der Waals surface area contributed by atoms with Gasteiger partial charge in [0.1, 0.15) is 4.21 Å². The van der Waals surface area contributed by atoms with E-state index in [2.05, 4.69) is 16.7 Å². The number of urea groups is 1. The minimum absolute atomic E-state index is 0.0740. The number of carbonyl (C=O) groups is 2. The third-order valence-electron chi connectivity index (χ3n) is 5.38. The second-order valence-electron chi connectivity index (χ2n) is 7.71. The molecule has 3 rings (SSSR count). The van der Waals surface area contributed by atoms with Gasteiger partial charge in [-0.15, -0.1) is 11.3 Å². The number of nitrogens with one attached hydrogen (secondary N) is 2. The monoisotopic (exact) mass is 454 g/mol. The summed E-state index contributed by atoms with van der Waals surface area (Å²) in [5.74, 6) is -0.380. The van der Waals surface area contributed by atoms with Crippen LogP contribution in [0.1, 0.15) is 37.0 Å². The van der Waals surface area contributed by atoms with Gasteiger partial charge < -0.3 is 5.32 Å². The first-order valence-electron chi connectivity index (χ1n) is 10.4. The molecule has 2 heterocycles. The Bertz CT molecular complexity index is 886. The van der Waals surface area contributed by atoms with Crippen molar-refractivity contribution in [1.82, 2.24) is 19.8 Å². The van der Waals surface area contributed by atoms with E-state index in [0.717, 1.165) is 24.1 Å². The standard InChI is InChI=1S/C20H30N4O4S2/c1-16-7-8-19(29-16)30(27,28)24-13-11-23(12-14-24)15-18(25)22-20(26)21-10-9-17-5-3-2-4-6-17/h5,7-8H,2-4,6,9-15H2,1H3,(H2,21,22,25,26). The van der Waals surface area contributed by atoms with Crippen molar-refractivity contribution in [1.29, 1.82) is 0 Å². The van der Waals surface area contributed by atoms with Crippen molar-refractivity contribution in [2.24, 2.45) is 0 Å². The Kier molecular flexibility index (Phi) is 8.04. The highest BCUT2D eigenvalue weighted by Crippen LogP contribution is 2.25. The molecular formula is C20H30N4O4S2. The molecule has 0 saturated carbocycles. The van der Waals surface area contributed by atoms with Gasteiger partial charge in [0.25, 0.3) is 10.0 Å². The van der Waals surface area contributed by atoms with Crippen LogP contribution in [0.3, 0.4) is 0 Å². The summed E-state index contributed by atoms with van der Waals surface area (Å²) in [6, 6.07) is 2.96. The Morgan fingerprint density at radius 3 is 2.53 bits per heavy atom. The first-order valence-corrected chi connectivity index (χ1v) is 12.6. The van der Waals surface area contributed by atoms with Crippen LogP contribution in [0.15, 0.2) is 28.0 Å². The minimum atomic E-state index is -3.48. The summed E-state index contributed by atoms with van der Waals surface area (Å²) in [4.78, 5) is 26.9. The van der Waals surface area contributed by atoms with Crippen molar-refractivity contribution in [2.75, 3.05) is 39.3 Å². The van der Waals surface area contributed by atoms with E-state index in [9.17, 15) is 18.0 Å². The van der Waals surface area contributed by atoms with E-state index in [0.29, 0.717) is 36.9 Å².